The van der Waals surface area contributed by atoms with Crippen LogP contribution in [-0.2, 0) is 17.9 Å². The first-order chi connectivity index (χ1) is 12.9. The zero-order chi connectivity index (χ0) is 19.7. The van der Waals surface area contributed by atoms with E-state index in [1.54, 1.807) is 0 Å². The highest BCUT2D eigenvalue weighted by Gasteiger charge is 2.26. The number of ether oxygens (including phenoxy) is 1. The van der Waals surface area contributed by atoms with Gasteiger partial charge in [-0.15, -0.1) is 0 Å². The molecule has 0 bridgehead atoms. The third-order valence-electron chi connectivity index (χ3n) is 4.59. The SMILES string of the molecule is CCCCCC(=O)N(Cc1cccc(OCc2ccccc2)c1)C(C)(C)C. The second kappa shape index (κ2) is 10.1. The van der Waals surface area contributed by atoms with Gasteiger partial charge in [-0.05, 0) is 50.5 Å². The van der Waals surface area contributed by atoms with Crippen molar-refractivity contribution in [2.75, 3.05) is 0 Å². The lowest BCUT2D eigenvalue weighted by atomic mass is 10.0. The van der Waals surface area contributed by atoms with E-state index >= 15 is 0 Å². The van der Waals surface area contributed by atoms with E-state index in [1.807, 2.05) is 41.3 Å². The second-order valence-electron chi connectivity index (χ2n) is 8.03. The molecule has 27 heavy (non-hydrogen) atoms. The minimum absolute atomic E-state index is 0.204. The van der Waals surface area contributed by atoms with Crippen LogP contribution in [-0.4, -0.2) is 16.3 Å². The molecule has 0 atom stereocenters. The van der Waals surface area contributed by atoms with Crippen LogP contribution < -0.4 is 4.74 Å². The zero-order valence-electron chi connectivity index (χ0n) is 17.2. The van der Waals surface area contributed by atoms with Gasteiger partial charge in [0.05, 0.1) is 0 Å². The molecule has 0 unspecified atom stereocenters. The van der Waals surface area contributed by atoms with Gasteiger partial charge in [-0.2, -0.15) is 0 Å². The van der Waals surface area contributed by atoms with Gasteiger partial charge < -0.3 is 9.64 Å². The maximum atomic E-state index is 12.8. The van der Waals surface area contributed by atoms with Crippen LogP contribution in [0.4, 0.5) is 0 Å². The lowest BCUT2D eigenvalue weighted by Gasteiger charge is -2.36. The van der Waals surface area contributed by atoms with Crippen LogP contribution in [0.1, 0.15) is 64.5 Å². The lowest BCUT2D eigenvalue weighted by molar-refractivity contribution is -0.136. The third kappa shape index (κ3) is 7.09. The topological polar surface area (TPSA) is 29.5 Å². The number of nitrogens with zero attached hydrogens (tertiary/aromatic N) is 1. The molecule has 0 heterocycles. The minimum Gasteiger partial charge on any atom is -0.489 e. The van der Waals surface area contributed by atoms with Gasteiger partial charge in [0.1, 0.15) is 12.4 Å². The highest BCUT2D eigenvalue weighted by Crippen LogP contribution is 2.22. The fraction of sp³-hybridized carbons (Fsp3) is 0.458. The molecule has 0 spiro atoms. The fourth-order valence-electron chi connectivity index (χ4n) is 3.02. The molecule has 0 aromatic heterocycles. The van der Waals surface area contributed by atoms with Crippen LogP contribution in [0.3, 0.4) is 0 Å². The summed E-state index contributed by atoms with van der Waals surface area (Å²) in [4.78, 5) is 14.7. The number of hydrogen-bond donors (Lipinski definition) is 0. The van der Waals surface area contributed by atoms with Gasteiger partial charge >= 0.3 is 0 Å². The molecule has 0 N–H and O–H groups in total. The van der Waals surface area contributed by atoms with Gasteiger partial charge in [-0.1, -0.05) is 62.2 Å². The van der Waals surface area contributed by atoms with Gasteiger partial charge in [-0.25, -0.2) is 0 Å². The Bertz CT molecular complexity index is 704. The summed E-state index contributed by atoms with van der Waals surface area (Å²) < 4.78 is 5.94. The Kier molecular flexibility index (Phi) is 7.90. The standard InChI is InChI=1S/C24H33NO2/c1-5-6-8-16-23(26)25(24(2,3)4)18-21-14-11-15-22(17-21)27-19-20-12-9-7-10-13-20/h7,9-15,17H,5-6,8,16,18-19H2,1-4H3. The van der Waals surface area contributed by atoms with Crippen molar-refractivity contribution in [3.05, 3.63) is 65.7 Å². The van der Waals surface area contributed by atoms with Gasteiger partial charge in [0.2, 0.25) is 5.91 Å². The van der Waals surface area contributed by atoms with E-state index in [1.165, 1.54) is 0 Å². The monoisotopic (exact) mass is 367 g/mol. The van der Waals surface area contributed by atoms with Gasteiger partial charge in [0.25, 0.3) is 0 Å². The molecule has 1 amide bonds. The Hall–Kier alpha value is -2.29. The fourth-order valence-corrected chi connectivity index (χ4v) is 3.02. The molecule has 0 aliphatic rings. The third-order valence-corrected chi connectivity index (χ3v) is 4.59. The average molecular weight is 368 g/mol. The molecular formula is C24H33NO2. The number of carbonyl (C=O) groups is 1. The summed E-state index contributed by atoms with van der Waals surface area (Å²) >= 11 is 0. The van der Waals surface area contributed by atoms with Gasteiger partial charge in [0.15, 0.2) is 0 Å². The number of carbonyl (C=O) groups excluding carboxylic acids is 1. The normalized spacial score (nSPS) is 11.3. The van der Waals surface area contributed by atoms with E-state index in [2.05, 4.69) is 45.9 Å². The summed E-state index contributed by atoms with van der Waals surface area (Å²) in [5.74, 6) is 1.07. The Morgan fingerprint density at radius 2 is 1.67 bits per heavy atom. The first-order valence-electron chi connectivity index (χ1n) is 9.96. The van der Waals surface area contributed by atoms with Crippen LogP contribution in [0, 0.1) is 0 Å². The Morgan fingerprint density at radius 3 is 2.33 bits per heavy atom. The highest BCUT2D eigenvalue weighted by molar-refractivity contribution is 5.77. The minimum atomic E-state index is -0.204. The van der Waals surface area contributed by atoms with Crippen molar-refractivity contribution in [3.63, 3.8) is 0 Å². The first-order valence-corrected chi connectivity index (χ1v) is 9.96. The summed E-state index contributed by atoms with van der Waals surface area (Å²) in [5.41, 5.74) is 2.04. The van der Waals surface area contributed by atoms with Gasteiger partial charge in [0, 0.05) is 18.5 Å². The summed E-state index contributed by atoms with van der Waals surface area (Å²) in [6.45, 7) is 9.61. The quantitative estimate of drug-likeness (QED) is 0.511. The summed E-state index contributed by atoms with van der Waals surface area (Å²) in [6, 6.07) is 18.2. The van der Waals surface area contributed by atoms with Crippen molar-refractivity contribution in [1.82, 2.24) is 4.90 Å². The Morgan fingerprint density at radius 1 is 0.963 bits per heavy atom. The molecule has 3 nitrogen and oxygen atoms in total. The molecule has 0 radical (unpaired) electrons. The van der Waals surface area contributed by atoms with Crippen molar-refractivity contribution in [2.24, 2.45) is 0 Å². The number of amides is 1. The van der Waals surface area contributed by atoms with E-state index in [0.717, 1.165) is 36.1 Å². The van der Waals surface area contributed by atoms with E-state index < -0.39 is 0 Å². The van der Waals surface area contributed by atoms with Crippen molar-refractivity contribution in [1.29, 1.82) is 0 Å². The van der Waals surface area contributed by atoms with Crippen molar-refractivity contribution < 1.29 is 9.53 Å². The highest BCUT2D eigenvalue weighted by atomic mass is 16.5. The van der Waals surface area contributed by atoms with Crippen LogP contribution in [0.5, 0.6) is 5.75 Å². The molecule has 0 fully saturated rings. The van der Waals surface area contributed by atoms with Crippen LogP contribution in [0.15, 0.2) is 54.6 Å². The van der Waals surface area contributed by atoms with Crippen molar-refractivity contribution >= 4 is 5.91 Å². The maximum absolute atomic E-state index is 12.8. The Balaban J connectivity index is 2.03. The number of benzene rings is 2. The predicted molar refractivity (Wildman–Crippen MR) is 112 cm³/mol. The maximum Gasteiger partial charge on any atom is 0.223 e. The van der Waals surface area contributed by atoms with E-state index in [4.69, 9.17) is 4.74 Å². The summed E-state index contributed by atoms with van der Waals surface area (Å²) in [6.07, 6.45) is 3.81. The molecule has 0 aliphatic carbocycles. The molecule has 0 saturated heterocycles. The molecule has 0 saturated carbocycles. The van der Waals surface area contributed by atoms with Crippen molar-refractivity contribution in [2.45, 2.75) is 72.1 Å². The summed E-state index contributed by atoms with van der Waals surface area (Å²) in [7, 11) is 0. The number of rotatable bonds is 9. The molecule has 2 aromatic carbocycles. The molecule has 3 heteroatoms. The van der Waals surface area contributed by atoms with E-state index in [-0.39, 0.29) is 11.4 Å². The smallest absolute Gasteiger partial charge is 0.223 e. The molecular weight excluding hydrogens is 334 g/mol. The molecule has 0 aliphatic heterocycles. The second-order valence-corrected chi connectivity index (χ2v) is 8.03. The average Bonchev–Trinajstić information content (AvgIpc) is 2.65. The Labute approximate surface area is 164 Å². The van der Waals surface area contributed by atoms with Crippen LogP contribution >= 0.6 is 0 Å². The molecule has 2 rings (SSSR count). The molecule has 2 aromatic rings. The first kappa shape index (κ1) is 21.0. The lowest BCUT2D eigenvalue weighted by Crippen LogP contribution is -2.45. The van der Waals surface area contributed by atoms with Crippen LogP contribution in [0.25, 0.3) is 0 Å². The molecule has 146 valence electrons. The van der Waals surface area contributed by atoms with E-state index in [0.29, 0.717) is 19.6 Å². The number of unbranched alkanes of at least 4 members (excludes halogenated alkanes) is 2. The zero-order valence-corrected chi connectivity index (χ0v) is 17.2. The number of hydrogen-bond acceptors (Lipinski definition) is 2. The van der Waals surface area contributed by atoms with Gasteiger partial charge in [-0.3, -0.25) is 4.79 Å². The summed E-state index contributed by atoms with van der Waals surface area (Å²) in [5, 5.41) is 0. The largest absolute Gasteiger partial charge is 0.489 e. The van der Waals surface area contributed by atoms with Crippen LogP contribution in [0.2, 0.25) is 0 Å². The predicted octanol–water partition coefficient (Wildman–Crippen LogP) is 5.97. The van der Waals surface area contributed by atoms with E-state index in [9.17, 15) is 4.79 Å². The van der Waals surface area contributed by atoms with Crippen molar-refractivity contribution in [3.8, 4) is 5.75 Å².